The number of carbonyl (C=O) groups is 2. The number of hydrogen-bond acceptors (Lipinski definition) is 6. The lowest BCUT2D eigenvalue weighted by Crippen LogP contribution is -2.52. The van der Waals surface area contributed by atoms with Gasteiger partial charge in [0.05, 0.1) is 17.2 Å². The number of phenols is 2. The SMILES string of the molecule is CC12Cc3c(O)c4c(c(O)c3C(CC1O)N2Cc1ccccc1)C(=O)c1ccccc1C4=O. The van der Waals surface area contributed by atoms with Gasteiger partial charge in [-0.2, -0.15) is 0 Å². The molecule has 2 aliphatic heterocycles. The molecular formula is C27H23NO5. The van der Waals surface area contributed by atoms with Crippen LogP contribution in [0.25, 0.3) is 0 Å². The normalized spacial score (nSPS) is 25.5. The molecule has 0 saturated carbocycles. The molecule has 0 spiro atoms. The Bertz CT molecular complexity index is 1350. The predicted octanol–water partition coefficient (Wildman–Crippen LogP) is 3.50. The van der Waals surface area contributed by atoms with Crippen LogP contribution in [0.15, 0.2) is 54.6 Å². The van der Waals surface area contributed by atoms with E-state index in [0.717, 1.165) is 5.56 Å². The van der Waals surface area contributed by atoms with Crippen LogP contribution in [0.2, 0.25) is 0 Å². The van der Waals surface area contributed by atoms with Gasteiger partial charge in [-0.05, 0) is 25.3 Å². The van der Waals surface area contributed by atoms with Gasteiger partial charge in [-0.25, -0.2) is 0 Å². The molecular weight excluding hydrogens is 418 g/mol. The minimum atomic E-state index is -0.696. The number of aliphatic hydroxyl groups is 1. The van der Waals surface area contributed by atoms with E-state index in [1.54, 1.807) is 24.3 Å². The molecule has 1 saturated heterocycles. The molecule has 6 nitrogen and oxygen atoms in total. The fourth-order valence-electron chi connectivity index (χ4n) is 5.98. The lowest BCUT2D eigenvalue weighted by atomic mass is 9.76. The number of aliphatic hydroxyl groups excluding tert-OH is 1. The second kappa shape index (κ2) is 6.76. The summed E-state index contributed by atoms with van der Waals surface area (Å²) in [6, 6.07) is 15.9. The summed E-state index contributed by atoms with van der Waals surface area (Å²) in [5.74, 6) is -1.46. The van der Waals surface area contributed by atoms with Gasteiger partial charge in [-0.15, -0.1) is 0 Å². The van der Waals surface area contributed by atoms with Crippen molar-refractivity contribution in [3.05, 3.63) is 93.5 Å². The topological polar surface area (TPSA) is 98.1 Å². The van der Waals surface area contributed by atoms with Crippen LogP contribution >= 0.6 is 0 Å². The number of carbonyl (C=O) groups excluding carboxylic acids is 2. The van der Waals surface area contributed by atoms with E-state index < -0.39 is 29.3 Å². The second-order valence-corrected chi connectivity index (χ2v) is 9.46. The fourth-order valence-corrected chi connectivity index (χ4v) is 5.98. The third kappa shape index (κ3) is 2.56. The van der Waals surface area contributed by atoms with Crippen LogP contribution in [0.5, 0.6) is 11.5 Å². The third-order valence-corrected chi connectivity index (χ3v) is 7.72. The molecule has 3 aromatic rings. The highest BCUT2D eigenvalue weighted by Gasteiger charge is 2.56. The number of ketones is 2. The van der Waals surface area contributed by atoms with Gasteiger partial charge < -0.3 is 15.3 Å². The third-order valence-electron chi connectivity index (χ3n) is 7.72. The van der Waals surface area contributed by atoms with Crippen molar-refractivity contribution in [3.8, 4) is 11.5 Å². The molecule has 3 atom stereocenters. The second-order valence-electron chi connectivity index (χ2n) is 9.46. The van der Waals surface area contributed by atoms with E-state index in [1.165, 1.54) is 0 Å². The lowest BCUT2D eigenvalue weighted by Gasteiger charge is -2.45. The molecule has 0 aromatic heterocycles. The maximum Gasteiger partial charge on any atom is 0.198 e. The maximum atomic E-state index is 13.3. The van der Waals surface area contributed by atoms with Crippen LogP contribution in [0.4, 0.5) is 0 Å². The first-order valence-electron chi connectivity index (χ1n) is 11.1. The molecule has 1 aliphatic carbocycles. The zero-order valence-corrected chi connectivity index (χ0v) is 18.1. The number of hydrogen-bond donors (Lipinski definition) is 3. The average Bonchev–Trinajstić information content (AvgIpc) is 2.97. The largest absolute Gasteiger partial charge is 0.507 e. The summed E-state index contributed by atoms with van der Waals surface area (Å²) in [6.45, 7) is 2.49. The van der Waals surface area contributed by atoms with E-state index in [-0.39, 0.29) is 40.2 Å². The number of aromatic hydroxyl groups is 2. The zero-order chi connectivity index (χ0) is 23.1. The highest BCUT2D eigenvalue weighted by atomic mass is 16.3. The molecule has 33 heavy (non-hydrogen) atoms. The quantitative estimate of drug-likeness (QED) is 0.412. The number of fused-ring (bicyclic) bond motifs is 6. The first-order chi connectivity index (χ1) is 15.8. The van der Waals surface area contributed by atoms with Gasteiger partial charge in [0.2, 0.25) is 0 Å². The number of rotatable bonds is 2. The summed E-state index contributed by atoms with van der Waals surface area (Å²) in [4.78, 5) is 28.7. The average molecular weight is 441 g/mol. The number of phenolic OH excluding ortho intramolecular Hbond substituents is 2. The van der Waals surface area contributed by atoms with Crippen LogP contribution in [-0.4, -0.2) is 43.4 Å². The van der Waals surface area contributed by atoms with Gasteiger partial charge in [0.25, 0.3) is 0 Å². The van der Waals surface area contributed by atoms with E-state index in [1.807, 2.05) is 37.3 Å². The summed E-state index contributed by atoms with van der Waals surface area (Å²) >= 11 is 0. The van der Waals surface area contributed by atoms with Gasteiger partial charge in [0, 0.05) is 40.4 Å². The first kappa shape index (κ1) is 20.1. The summed E-state index contributed by atoms with van der Waals surface area (Å²) in [6.07, 6.45) is -0.0817. The van der Waals surface area contributed by atoms with Crippen LogP contribution in [0, 0.1) is 0 Å². The van der Waals surface area contributed by atoms with E-state index in [4.69, 9.17) is 0 Å². The van der Waals surface area contributed by atoms with Gasteiger partial charge in [-0.3, -0.25) is 14.5 Å². The predicted molar refractivity (Wildman–Crippen MR) is 121 cm³/mol. The van der Waals surface area contributed by atoms with Crippen molar-refractivity contribution in [2.45, 2.75) is 44.0 Å². The Hall–Kier alpha value is -3.48. The van der Waals surface area contributed by atoms with Crippen LogP contribution < -0.4 is 0 Å². The molecule has 0 amide bonds. The molecule has 2 heterocycles. The minimum absolute atomic E-state index is 0.135. The molecule has 3 N–H and O–H groups in total. The Balaban J connectivity index is 1.56. The molecule has 2 bridgehead atoms. The van der Waals surface area contributed by atoms with Gasteiger partial charge >= 0.3 is 0 Å². The Labute approximate surface area is 190 Å². The van der Waals surface area contributed by atoms with Crippen molar-refractivity contribution in [2.75, 3.05) is 0 Å². The molecule has 3 aromatic carbocycles. The van der Waals surface area contributed by atoms with E-state index in [9.17, 15) is 24.9 Å². The maximum absolute atomic E-state index is 13.3. The van der Waals surface area contributed by atoms with Crippen molar-refractivity contribution >= 4 is 11.6 Å². The summed E-state index contributed by atoms with van der Waals surface area (Å²) in [5.41, 5.74) is 1.43. The molecule has 6 rings (SSSR count). The van der Waals surface area contributed by atoms with Crippen molar-refractivity contribution < 1.29 is 24.9 Å². The van der Waals surface area contributed by atoms with Crippen molar-refractivity contribution in [1.82, 2.24) is 4.90 Å². The summed E-state index contributed by atoms with van der Waals surface area (Å²) < 4.78 is 0. The van der Waals surface area contributed by atoms with Crippen molar-refractivity contribution in [2.24, 2.45) is 0 Å². The highest BCUT2D eigenvalue weighted by molar-refractivity contribution is 6.30. The highest BCUT2D eigenvalue weighted by Crippen LogP contribution is 2.57. The molecule has 3 aliphatic rings. The van der Waals surface area contributed by atoms with E-state index in [0.29, 0.717) is 24.1 Å². The minimum Gasteiger partial charge on any atom is -0.507 e. The van der Waals surface area contributed by atoms with Gasteiger partial charge in [0.1, 0.15) is 11.5 Å². The Morgan fingerprint density at radius 2 is 1.48 bits per heavy atom. The van der Waals surface area contributed by atoms with E-state index >= 15 is 0 Å². The molecule has 1 fully saturated rings. The molecule has 6 heteroatoms. The van der Waals surface area contributed by atoms with Crippen LogP contribution in [0.1, 0.15) is 67.9 Å². The fraction of sp³-hybridized carbons (Fsp3) is 0.259. The molecule has 0 radical (unpaired) electrons. The zero-order valence-electron chi connectivity index (χ0n) is 18.1. The summed E-state index contributed by atoms with van der Waals surface area (Å²) in [7, 11) is 0. The number of benzene rings is 3. The van der Waals surface area contributed by atoms with E-state index in [2.05, 4.69) is 4.90 Å². The Morgan fingerprint density at radius 3 is 2.12 bits per heavy atom. The standard InChI is InChI=1S/C27H23NO5/c1-27-12-17-20(18(11-19(27)29)28(27)13-14-7-3-2-4-8-14)26(33)22-21(25(17)32)23(30)15-9-5-6-10-16(15)24(22)31/h2-10,18-19,29,32-33H,11-13H2,1H3. The van der Waals surface area contributed by atoms with Crippen LogP contribution in [-0.2, 0) is 13.0 Å². The monoisotopic (exact) mass is 441 g/mol. The smallest absolute Gasteiger partial charge is 0.198 e. The van der Waals surface area contributed by atoms with Gasteiger partial charge in [0.15, 0.2) is 11.6 Å². The number of nitrogens with zero attached hydrogens (tertiary/aromatic N) is 1. The van der Waals surface area contributed by atoms with Gasteiger partial charge in [-0.1, -0.05) is 54.6 Å². The molecule has 166 valence electrons. The lowest BCUT2D eigenvalue weighted by molar-refractivity contribution is 0.0183. The molecule has 3 unspecified atom stereocenters. The van der Waals surface area contributed by atoms with Crippen molar-refractivity contribution in [1.29, 1.82) is 0 Å². The summed E-state index contributed by atoms with van der Waals surface area (Å²) in [5, 5.41) is 33.7. The first-order valence-corrected chi connectivity index (χ1v) is 11.1. The Morgan fingerprint density at radius 1 is 0.909 bits per heavy atom. The van der Waals surface area contributed by atoms with Crippen LogP contribution in [0.3, 0.4) is 0 Å². The Kier molecular flexibility index (Phi) is 4.13. The van der Waals surface area contributed by atoms with Crippen molar-refractivity contribution in [3.63, 3.8) is 0 Å².